The van der Waals surface area contributed by atoms with Crippen LogP contribution in [-0.2, 0) is 24.3 Å². The fourth-order valence-corrected chi connectivity index (χ4v) is 5.54. The zero-order valence-electron chi connectivity index (χ0n) is 16.1. The molecule has 0 aromatic heterocycles. The van der Waals surface area contributed by atoms with E-state index in [9.17, 15) is 18.0 Å². The second-order valence-corrected chi connectivity index (χ2v) is 9.92. The van der Waals surface area contributed by atoms with Crippen LogP contribution in [0.25, 0.3) is 0 Å². The van der Waals surface area contributed by atoms with Gasteiger partial charge in [0.1, 0.15) is 0 Å². The van der Waals surface area contributed by atoms with E-state index < -0.39 is 16.0 Å². The molecule has 3 rings (SSSR count). The van der Waals surface area contributed by atoms with Crippen molar-refractivity contribution in [1.29, 1.82) is 0 Å². The molecule has 9 heteroatoms. The lowest BCUT2D eigenvalue weighted by molar-refractivity contribution is -0.140. The third-order valence-electron chi connectivity index (χ3n) is 4.40. The minimum absolute atomic E-state index is 0.0421. The van der Waals surface area contributed by atoms with E-state index in [2.05, 4.69) is 10.1 Å². The number of para-hydroxylation sites is 1. The molecule has 0 bridgehead atoms. The summed E-state index contributed by atoms with van der Waals surface area (Å²) in [5.41, 5.74) is 0.921. The number of hydrogen-bond acceptors (Lipinski definition) is 6. The maximum atomic E-state index is 13.4. The summed E-state index contributed by atoms with van der Waals surface area (Å²) >= 11 is 1.52. The van der Waals surface area contributed by atoms with Crippen LogP contribution in [0, 0.1) is 0 Å². The number of thioether (sulfide) groups is 1. The van der Waals surface area contributed by atoms with Gasteiger partial charge in [-0.25, -0.2) is 8.42 Å². The number of ether oxygens (including phenoxy) is 1. The van der Waals surface area contributed by atoms with Gasteiger partial charge in [-0.15, -0.1) is 11.8 Å². The van der Waals surface area contributed by atoms with Crippen LogP contribution in [0.2, 0.25) is 0 Å². The molecular formula is C20H22N2O5S2. The van der Waals surface area contributed by atoms with E-state index in [1.165, 1.54) is 35.3 Å². The number of amides is 1. The van der Waals surface area contributed by atoms with Crippen molar-refractivity contribution >= 4 is 45.0 Å². The molecule has 1 amide bonds. The summed E-state index contributed by atoms with van der Waals surface area (Å²) in [6.45, 7) is 1.89. The molecule has 1 aliphatic rings. The smallest absolute Gasteiger partial charge is 0.307 e. The largest absolute Gasteiger partial charge is 0.469 e. The molecule has 1 heterocycles. The number of sulfonamides is 1. The summed E-state index contributed by atoms with van der Waals surface area (Å²) in [5.74, 6) is -0.649. The van der Waals surface area contributed by atoms with E-state index in [0.717, 1.165) is 4.90 Å². The summed E-state index contributed by atoms with van der Waals surface area (Å²) < 4.78 is 32.6. The highest BCUT2D eigenvalue weighted by Crippen LogP contribution is 2.37. The van der Waals surface area contributed by atoms with Gasteiger partial charge >= 0.3 is 5.97 Å². The molecule has 1 N–H and O–H groups in total. The average Bonchev–Trinajstić information content (AvgIpc) is 2.84. The van der Waals surface area contributed by atoms with Gasteiger partial charge in [-0.05, 0) is 30.3 Å². The van der Waals surface area contributed by atoms with Crippen LogP contribution >= 0.6 is 11.8 Å². The topological polar surface area (TPSA) is 92.8 Å². The number of esters is 1. The molecule has 0 saturated heterocycles. The molecule has 1 aliphatic heterocycles. The predicted octanol–water partition coefficient (Wildman–Crippen LogP) is 3.27. The predicted molar refractivity (Wildman–Crippen MR) is 113 cm³/mol. The van der Waals surface area contributed by atoms with Crippen LogP contribution in [0.4, 0.5) is 11.4 Å². The third-order valence-corrected chi connectivity index (χ3v) is 7.41. The van der Waals surface area contributed by atoms with E-state index in [0.29, 0.717) is 17.8 Å². The molecule has 0 fully saturated rings. The SMILES string of the molecule is COC(=O)CCN(c1ccccc1)S(=O)(=O)c1ccc2c(c1)NC(=O)C[C@H](C)S2. The number of hydrogen-bond donors (Lipinski definition) is 1. The van der Waals surface area contributed by atoms with Crippen molar-refractivity contribution < 1.29 is 22.7 Å². The monoisotopic (exact) mass is 434 g/mol. The lowest BCUT2D eigenvalue weighted by Gasteiger charge is -2.24. The number of anilines is 2. The molecule has 7 nitrogen and oxygen atoms in total. The first-order chi connectivity index (χ1) is 13.8. The van der Waals surface area contributed by atoms with E-state index in [4.69, 9.17) is 0 Å². The summed E-state index contributed by atoms with van der Waals surface area (Å²) in [5, 5.41) is 2.88. The Kier molecular flexibility index (Phi) is 6.49. The van der Waals surface area contributed by atoms with Crippen molar-refractivity contribution in [2.45, 2.75) is 34.8 Å². The number of fused-ring (bicyclic) bond motifs is 1. The van der Waals surface area contributed by atoms with Gasteiger partial charge < -0.3 is 10.1 Å². The highest BCUT2D eigenvalue weighted by atomic mass is 32.2. The molecule has 2 aromatic rings. The Labute approximate surface area is 174 Å². The number of carbonyl (C=O) groups is 2. The maximum absolute atomic E-state index is 13.4. The molecule has 0 radical (unpaired) electrons. The Balaban J connectivity index is 1.99. The molecule has 0 saturated carbocycles. The normalized spacial score (nSPS) is 16.3. The van der Waals surface area contributed by atoms with Crippen LogP contribution in [-0.4, -0.2) is 39.2 Å². The number of nitrogens with zero attached hydrogens (tertiary/aromatic N) is 1. The van der Waals surface area contributed by atoms with Gasteiger partial charge in [0.15, 0.2) is 0 Å². The Morgan fingerprint density at radius 2 is 1.97 bits per heavy atom. The van der Waals surface area contributed by atoms with Gasteiger partial charge in [0.25, 0.3) is 10.0 Å². The van der Waals surface area contributed by atoms with E-state index >= 15 is 0 Å². The maximum Gasteiger partial charge on any atom is 0.307 e. The number of nitrogens with one attached hydrogen (secondary N) is 1. The lowest BCUT2D eigenvalue weighted by atomic mass is 10.3. The highest BCUT2D eigenvalue weighted by Gasteiger charge is 2.28. The Morgan fingerprint density at radius 1 is 1.24 bits per heavy atom. The molecule has 0 aliphatic carbocycles. The van der Waals surface area contributed by atoms with Crippen LogP contribution < -0.4 is 9.62 Å². The van der Waals surface area contributed by atoms with E-state index in [-0.39, 0.29) is 29.0 Å². The Bertz CT molecular complexity index is 1010. The fourth-order valence-electron chi connectivity index (χ4n) is 3.00. The summed E-state index contributed by atoms with van der Waals surface area (Å²) in [4.78, 5) is 24.5. The lowest BCUT2D eigenvalue weighted by Crippen LogP contribution is -2.33. The first-order valence-corrected chi connectivity index (χ1v) is 11.4. The van der Waals surface area contributed by atoms with Crippen molar-refractivity contribution in [3.8, 4) is 0 Å². The zero-order valence-corrected chi connectivity index (χ0v) is 17.8. The molecular weight excluding hydrogens is 412 g/mol. The van der Waals surface area contributed by atoms with Crippen molar-refractivity contribution in [1.82, 2.24) is 0 Å². The second kappa shape index (κ2) is 8.87. The van der Waals surface area contributed by atoms with Crippen molar-refractivity contribution in [2.75, 3.05) is 23.3 Å². The summed E-state index contributed by atoms with van der Waals surface area (Å²) in [6, 6.07) is 13.3. The van der Waals surface area contributed by atoms with Crippen LogP contribution in [0.1, 0.15) is 19.8 Å². The summed E-state index contributed by atoms with van der Waals surface area (Å²) in [6.07, 6.45) is 0.274. The number of carbonyl (C=O) groups excluding carboxylic acids is 2. The number of methoxy groups -OCH3 is 1. The zero-order chi connectivity index (χ0) is 21.0. The van der Waals surface area contributed by atoms with Crippen LogP contribution in [0.15, 0.2) is 58.3 Å². The van der Waals surface area contributed by atoms with Crippen molar-refractivity contribution in [3.63, 3.8) is 0 Å². The molecule has 0 spiro atoms. The van der Waals surface area contributed by atoms with Gasteiger partial charge in [0.05, 0.1) is 29.8 Å². The molecule has 29 heavy (non-hydrogen) atoms. The Hall–Kier alpha value is -2.52. The minimum atomic E-state index is -3.97. The molecule has 2 aromatic carbocycles. The van der Waals surface area contributed by atoms with Gasteiger partial charge in [0.2, 0.25) is 5.91 Å². The molecule has 1 atom stereocenters. The summed E-state index contributed by atoms with van der Waals surface area (Å²) in [7, 11) is -2.71. The van der Waals surface area contributed by atoms with Gasteiger partial charge in [0, 0.05) is 23.1 Å². The van der Waals surface area contributed by atoms with Gasteiger partial charge in [-0.1, -0.05) is 25.1 Å². The number of benzene rings is 2. The highest BCUT2D eigenvalue weighted by molar-refractivity contribution is 8.00. The quantitative estimate of drug-likeness (QED) is 0.702. The second-order valence-electron chi connectivity index (χ2n) is 6.58. The third kappa shape index (κ3) is 4.91. The Morgan fingerprint density at radius 3 is 2.66 bits per heavy atom. The first-order valence-electron chi connectivity index (χ1n) is 9.06. The van der Waals surface area contributed by atoms with Crippen LogP contribution in [0.5, 0.6) is 0 Å². The standard InChI is InChI=1S/C20H22N2O5S2/c1-14-12-19(23)21-17-13-16(8-9-18(17)28-14)29(25,26)22(11-10-20(24)27-2)15-6-4-3-5-7-15/h3-9,13-14H,10-12H2,1-2H3,(H,21,23)/t14-/m0/s1. The number of rotatable bonds is 6. The minimum Gasteiger partial charge on any atom is -0.469 e. The molecule has 0 unspecified atom stereocenters. The van der Waals surface area contributed by atoms with E-state index in [1.54, 1.807) is 36.4 Å². The fraction of sp³-hybridized carbons (Fsp3) is 0.300. The van der Waals surface area contributed by atoms with Gasteiger partial charge in [-0.3, -0.25) is 13.9 Å². The van der Waals surface area contributed by atoms with Crippen LogP contribution in [0.3, 0.4) is 0 Å². The van der Waals surface area contributed by atoms with Crippen molar-refractivity contribution in [3.05, 3.63) is 48.5 Å². The van der Waals surface area contributed by atoms with Crippen molar-refractivity contribution in [2.24, 2.45) is 0 Å². The van der Waals surface area contributed by atoms with Gasteiger partial charge in [-0.2, -0.15) is 0 Å². The van der Waals surface area contributed by atoms with E-state index in [1.807, 2.05) is 6.92 Å². The first kappa shape index (κ1) is 21.2. The average molecular weight is 435 g/mol. The molecule has 154 valence electrons.